The summed E-state index contributed by atoms with van der Waals surface area (Å²) in [6.45, 7) is 2.37. The molecule has 0 unspecified atom stereocenters. The summed E-state index contributed by atoms with van der Waals surface area (Å²) < 4.78 is 28.0. The molecule has 2 N–H and O–H groups in total. The lowest BCUT2D eigenvalue weighted by Crippen LogP contribution is -2.34. The highest BCUT2D eigenvalue weighted by Crippen LogP contribution is 2.34. The molecule has 2 aromatic carbocycles. The number of sulfonamides is 1. The number of benzene rings is 2. The Kier molecular flexibility index (Phi) is 8.40. The van der Waals surface area contributed by atoms with Crippen LogP contribution in [0.3, 0.4) is 0 Å². The number of anilines is 1. The molecule has 10 heteroatoms. The molecule has 3 heterocycles. The number of rotatable bonds is 11. The number of fused-ring (bicyclic) bond motifs is 1. The molecule has 0 spiro atoms. The molecule has 0 aliphatic carbocycles. The van der Waals surface area contributed by atoms with Crippen molar-refractivity contribution >= 4 is 26.7 Å². The topological polar surface area (TPSA) is 121 Å². The van der Waals surface area contributed by atoms with Crippen LogP contribution in [-0.2, 0) is 16.6 Å². The second-order valence-electron chi connectivity index (χ2n) is 9.17. The molecule has 0 fully saturated rings. The Balaban J connectivity index is 1.63. The van der Waals surface area contributed by atoms with Crippen molar-refractivity contribution in [3.8, 4) is 22.5 Å². The minimum atomic E-state index is -3.87. The fraction of sp³-hybridized carbons (Fsp3) is 0.200. The van der Waals surface area contributed by atoms with Crippen LogP contribution in [0.1, 0.15) is 19.0 Å². The predicted molar refractivity (Wildman–Crippen MR) is 156 cm³/mol. The van der Waals surface area contributed by atoms with Crippen molar-refractivity contribution in [3.63, 3.8) is 0 Å². The van der Waals surface area contributed by atoms with Gasteiger partial charge in [-0.25, -0.2) is 18.4 Å². The molecule has 0 amide bonds. The minimum absolute atomic E-state index is 0.0106. The summed E-state index contributed by atoms with van der Waals surface area (Å²) in [6, 6.07) is 23.2. The van der Waals surface area contributed by atoms with E-state index in [1.165, 1.54) is 16.6 Å². The Morgan fingerprint density at radius 2 is 1.73 bits per heavy atom. The van der Waals surface area contributed by atoms with Crippen molar-refractivity contribution in [1.82, 2.24) is 24.2 Å². The summed E-state index contributed by atoms with van der Waals surface area (Å²) >= 11 is 0. The second-order valence-corrected chi connectivity index (χ2v) is 11.1. The van der Waals surface area contributed by atoms with Gasteiger partial charge in [-0.2, -0.15) is 4.31 Å². The number of hydrogen-bond acceptors (Lipinski definition) is 8. The van der Waals surface area contributed by atoms with Crippen LogP contribution >= 0.6 is 0 Å². The van der Waals surface area contributed by atoms with E-state index in [2.05, 4.69) is 15.3 Å². The van der Waals surface area contributed by atoms with Gasteiger partial charge < -0.3 is 10.4 Å². The SMILES string of the molecule is CCCN(CCO)S(=O)(=O)c1cncc(-c2nc(NCc3ccccn3)c3c(-c4ccccc4)cccc3n2)c1. The van der Waals surface area contributed by atoms with E-state index < -0.39 is 10.0 Å². The summed E-state index contributed by atoms with van der Waals surface area (Å²) in [5, 5.41) is 13.7. The van der Waals surface area contributed by atoms with Crippen molar-refractivity contribution in [1.29, 1.82) is 0 Å². The highest BCUT2D eigenvalue weighted by molar-refractivity contribution is 7.89. The molecule has 0 atom stereocenters. The van der Waals surface area contributed by atoms with Gasteiger partial charge in [0, 0.05) is 37.2 Å². The summed E-state index contributed by atoms with van der Waals surface area (Å²) in [6.07, 6.45) is 5.23. The average molecular weight is 555 g/mol. The second kappa shape index (κ2) is 12.3. The van der Waals surface area contributed by atoms with E-state index in [0.29, 0.717) is 42.2 Å². The smallest absolute Gasteiger partial charge is 0.244 e. The predicted octanol–water partition coefficient (Wildman–Crippen LogP) is 4.76. The molecule has 0 bridgehead atoms. The number of aliphatic hydroxyl groups excluding tert-OH is 1. The van der Waals surface area contributed by atoms with E-state index in [-0.39, 0.29) is 18.0 Å². The summed E-state index contributed by atoms with van der Waals surface area (Å²) in [5.74, 6) is 0.946. The van der Waals surface area contributed by atoms with Gasteiger partial charge in [0.1, 0.15) is 10.7 Å². The molecule has 0 saturated carbocycles. The van der Waals surface area contributed by atoms with E-state index in [1.54, 1.807) is 12.4 Å². The van der Waals surface area contributed by atoms with E-state index in [1.807, 2.05) is 73.7 Å². The van der Waals surface area contributed by atoms with Crippen molar-refractivity contribution in [3.05, 3.63) is 97.1 Å². The first-order chi connectivity index (χ1) is 19.5. The largest absolute Gasteiger partial charge is 0.395 e. The van der Waals surface area contributed by atoms with E-state index in [0.717, 1.165) is 22.2 Å². The summed E-state index contributed by atoms with van der Waals surface area (Å²) in [5.41, 5.74) is 4.02. The number of pyridine rings is 2. The Labute approximate surface area is 233 Å². The zero-order valence-electron chi connectivity index (χ0n) is 22.1. The van der Waals surface area contributed by atoms with E-state index >= 15 is 0 Å². The Morgan fingerprint density at radius 1 is 0.900 bits per heavy atom. The van der Waals surface area contributed by atoms with Crippen molar-refractivity contribution < 1.29 is 13.5 Å². The van der Waals surface area contributed by atoms with Crippen LogP contribution in [0.2, 0.25) is 0 Å². The monoisotopic (exact) mass is 554 g/mol. The van der Waals surface area contributed by atoms with Crippen LogP contribution in [0, 0.1) is 0 Å². The first-order valence-electron chi connectivity index (χ1n) is 13.1. The Morgan fingerprint density at radius 3 is 2.48 bits per heavy atom. The summed E-state index contributed by atoms with van der Waals surface area (Å²) in [4.78, 5) is 18.4. The number of nitrogens with one attached hydrogen (secondary N) is 1. The molecule has 0 aliphatic heterocycles. The van der Waals surface area contributed by atoms with Crippen LogP contribution in [0.4, 0.5) is 5.82 Å². The zero-order chi connectivity index (χ0) is 28.0. The highest BCUT2D eigenvalue weighted by atomic mass is 32.2. The fourth-order valence-electron chi connectivity index (χ4n) is 4.52. The van der Waals surface area contributed by atoms with Gasteiger partial charge in [-0.15, -0.1) is 0 Å². The fourth-order valence-corrected chi connectivity index (χ4v) is 6.03. The van der Waals surface area contributed by atoms with Gasteiger partial charge in [0.2, 0.25) is 10.0 Å². The Bertz CT molecular complexity index is 1690. The lowest BCUT2D eigenvalue weighted by Gasteiger charge is -2.20. The van der Waals surface area contributed by atoms with Gasteiger partial charge in [-0.05, 0) is 41.8 Å². The van der Waals surface area contributed by atoms with Gasteiger partial charge in [-0.1, -0.05) is 55.5 Å². The minimum Gasteiger partial charge on any atom is -0.395 e. The molecule has 40 heavy (non-hydrogen) atoms. The van der Waals surface area contributed by atoms with Crippen LogP contribution in [-0.4, -0.2) is 57.5 Å². The van der Waals surface area contributed by atoms with E-state index in [9.17, 15) is 13.5 Å². The molecule has 0 saturated heterocycles. The maximum atomic E-state index is 13.4. The average Bonchev–Trinajstić information content (AvgIpc) is 3.00. The Hall–Kier alpha value is -4.25. The van der Waals surface area contributed by atoms with Crippen LogP contribution in [0.5, 0.6) is 0 Å². The van der Waals surface area contributed by atoms with Gasteiger partial charge >= 0.3 is 0 Å². The lowest BCUT2D eigenvalue weighted by molar-refractivity contribution is 0.253. The normalized spacial score (nSPS) is 11.7. The molecule has 9 nitrogen and oxygen atoms in total. The van der Waals surface area contributed by atoms with Crippen molar-refractivity contribution in [2.24, 2.45) is 0 Å². The third-order valence-corrected chi connectivity index (χ3v) is 8.27. The molecule has 3 aromatic heterocycles. The molecule has 204 valence electrons. The van der Waals surface area contributed by atoms with Crippen LogP contribution < -0.4 is 5.32 Å². The number of hydrogen-bond donors (Lipinski definition) is 2. The molecule has 0 aliphatic rings. The first kappa shape index (κ1) is 27.3. The van der Waals surface area contributed by atoms with Gasteiger partial charge in [0.15, 0.2) is 5.82 Å². The molecule has 0 radical (unpaired) electrons. The van der Waals surface area contributed by atoms with Gasteiger partial charge in [-0.3, -0.25) is 9.97 Å². The first-order valence-corrected chi connectivity index (χ1v) is 14.5. The summed E-state index contributed by atoms with van der Waals surface area (Å²) in [7, 11) is -3.87. The number of aromatic nitrogens is 4. The van der Waals surface area contributed by atoms with Gasteiger partial charge in [0.05, 0.1) is 29.7 Å². The van der Waals surface area contributed by atoms with Crippen molar-refractivity contribution in [2.45, 2.75) is 24.8 Å². The van der Waals surface area contributed by atoms with Crippen LogP contribution in [0.15, 0.2) is 96.3 Å². The maximum absolute atomic E-state index is 13.4. The molecular weight excluding hydrogens is 524 g/mol. The highest BCUT2D eigenvalue weighted by Gasteiger charge is 2.25. The van der Waals surface area contributed by atoms with Crippen LogP contribution in [0.25, 0.3) is 33.4 Å². The lowest BCUT2D eigenvalue weighted by atomic mass is 10.0. The standard InChI is InChI=1S/C30H30N6O3S/c1-2-15-36(16-17-37)40(38,39)25-18-23(19-31-21-25)29-34-27-13-8-12-26(22-9-4-3-5-10-22)28(27)30(35-29)33-20-24-11-6-7-14-32-24/h3-14,18-19,21,37H,2,15-17,20H2,1H3,(H,33,34,35). The number of nitrogens with zero attached hydrogens (tertiary/aromatic N) is 5. The molecule has 5 rings (SSSR count). The molecule has 5 aromatic rings. The van der Waals surface area contributed by atoms with Gasteiger partial charge in [0.25, 0.3) is 0 Å². The zero-order valence-corrected chi connectivity index (χ0v) is 22.9. The quantitative estimate of drug-likeness (QED) is 0.240. The maximum Gasteiger partial charge on any atom is 0.244 e. The van der Waals surface area contributed by atoms with E-state index in [4.69, 9.17) is 9.97 Å². The number of aliphatic hydroxyl groups is 1. The van der Waals surface area contributed by atoms with Crippen molar-refractivity contribution in [2.75, 3.05) is 25.0 Å². The third kappa shape index (κ3) is 5.84. The third-order valence-electron chi connectivity index (χ3n) is 6.40. The molecular formula is C30H30N6O3S.